The molecule has 0 aromatic heterocycles. The first-order valence-corrected chi connectivity index (χ1v) is 6.65. The molecule has 0 radical (unpaired) electrons. The zero-order valence-corrected chi connectivity index (χ0v) is 12.1. The van der Waals surface area contributed by atoms with Crippen molar-refractivity contribution in [3.05, 3.63) is 46.3 Å². The minimum Gasteiger partial charge on any atom is -0.733 e. The summed E-state index contributed by atoms with van der Waals surface area (Å²) in [5, 5.41) is 24.5. The largest absolute Gasteiger partial charge is 0.733 e. The van der Waals surface area contributed by atoms with E-state index < -0.39 is 18.0 Å². The quantitative estimate of drug-likeness (QED) is 0.574. The third-order valence-corrected chi connectivity index (χ3v) is 3.21. The van der Waals surface area contributed by atoms with Crippen LogP contribution in [0.2, 0.25) is 0 Å². The van der Waals surface area contributed by atoms with Gasteiger partial charge in [0.1, 0.15) is 0 Å². The first-order valence-electron chi connectivity index (χ1n) is 6.65. The zero-order valence-electron chi connectivity index (χ0n) is 12.1. The van der Waals surface area contributed by atoms with E-state index in [0.717, 1.165) is 0 Å². The lowest BCUT2D eigenvalue weighted by atomic mass is 9.95. The van der Waals surface area contributed by atoms with Gasteiger partial charge in [0, 0.05) is 5.70 Å². The Labute approximate surface area is 126 Å². The van der Waals surface area contributed by atoms with E-state index in [1.165, 1.54) is 12.1 Å². The summed E-state index contributed by atoms with van der Waals surface area (Å²) in [6, 6.07) is 4.72. The Kier molecular flexibility index (Phi) is 4.64. The molecule has 0 spiro atoms. The second-order valence-electron chi connectivity index (χ2n) is 4.66. The minimum absolute atomic E-state index is 0.0439. The Bertz CT molecular complexity index is 609. The summed E-state index contributed by atoms with van der Waals surface area (Å²) < 4.78 is 5.01. The van der Waals surface area contributed by atoms with Crippen molar-refractivity contribution in [2.75, 3.05) is 11.8 Å². The third-order valence-electron chi connectivity index (χ3n) is 3.21. The molecule has 2 amide bonds. The van der Waals surface area contributed by atoms with E-state index in [-0.39, 0.29) is 23.1 Å². The van der Waals surface area contributed by atoms with E-state index >= 15 is 0 Å². The van der Waals surface area contributed by atoms with Gasteiger partial charge in [0.05, 0.1) is 23.9 Å². The number of ether oxygens (including phenoxy) is 1. The number of urea groups is 1. The molecule has 22 heavy (non-hydrogen) atoms. The molecule has 0 bridgehead atoms. The molecular formula is C14H16N3O5-. The smallest absolute Gasteiger partial charge is 0.338 e. The predicted molar refractivity (Wildman–Crippen MR) is 77.8 cm³/mol. The molecule has 0 aliphatic carbocycles. The number of nitrogens with one attached hydrogen (secondary N) is 2. The van der Waals surface area contributed by atoms with Gasteiger partial charge < -0.3 is 25.8 Å². The second kappa shape index (κ2) is 6.46. The fourth-order valence-corrected chi connectivity index (χ4v) is 2.22. The van der Waals surface area contributed by atoms with Gasteiger partial charge in [-0.2, -0.15) is 0 Å². The molecule has 1 atom stereocenters. The van der Waals surface area contributed by atoms with Gasteiger partial charge in [-0.25, -0.2) is 9.59 Å². The summed E-state index contributed by atoms with van der Waals surface area (Å²) >= 11 is 0. The maximum absolute atomic E-state index is 12.1. The van der Waals surface area contributed by atoms with Crippen LogP contribution in [0.15, 0.2) is 35.5 Å². The first-order chi connectivity index (χ1) is 10.4. The average molecular weight is 306 g/mol. The molecule has 1 aromatic rings. The number of benzene rings is 1. The summed E-state index contributed by atoms with van der Waals surface area (Å²) in [6.45, 7) is 3.51. The van der Waals surface area contributed by atoms with E-state index in [0.29, 0.717) is 11.3 Å². The van der Waals surface area contributed by atoms with Crippen LogP contribution in [0.5, 0.6) is 0 Å². The molecule has 0 saturated heterocycles. The molecule has 8 nitrogen and oxygen atoms in total. The molecule has 3 N–H and O–H groups in total. The van der Waals surface area contributed by atoms with Crippen LogP contribution >= 0.6 is 0 Å². The Balaban J connectivity index is 2.38. The van der Waals surface area contributed by atoms with Crippen LogP contribution in [-0.4, -0.2) is 23.8 Å². The molecule has 2 rings (SSSR count). The molecule has 0 unspecified atom stereocenters. The highest BCUT2D eigenvalue weighted by molar-refractivity contribution is 5.95. The predicted octanol–water partition coefficient (Wildman–Crippen LogP) is 1.57. The standard InChI is InChI=1S/C14H16N3O5/c1-3-22-13(18)11-8(2)15-14(19)16-12(11)9-4-6-10(7-5-9)17(20)21/h4-7,12,20H,3H2,1-2H3,(H2,15,16,19)/q-1/t12-/m0/s1. The number of amides is 2. The van der Waals surface area contributed by atoms with Gasteiger partial charge in [-0.05, 0) is 31.5 Å². The first kappa shape index (κ1) is 15.8. The maximum atomic E-state index is 12.1. The highest BCUT2D eigenvalue weighted by atomic mass is 16.8. The van der Waals surface area contributed by atoms with Crippen molar-refractivity contribution in [2.45, 2.75) is 19.9 Å². The number of hydrogen-bond donors (Lipinski definition) is 3. The van der Waals surface area contributed by atoms with Gasteiger partial charge >= 0.3 is 12.0 Å². The molecule has 1 aromatic carbocycles. The number of hydrogen-bond acceptors (Lipinski definition) is 6. The van der Waals surface area contributed by atoms with Crippen LogP contribution in [0.4, 0.5) is 10.5 Å². The molecule has 8 heteroatoms. The molecule has 1 aliphatic rings. The highest BCUT2D eigenvalue weighted by Gasteiger charge is 2.31. The molecule has 1 aliphatic heterocycles. The van der Waals surface area contributed by atoms with E-state index in [1.807, 2.05) is 0 Å². The van der Waals surface area contributed by atoms with Crippen molar-refractivity contribution in [3.8, 4) is 0 Å². The number of anilines is 1. The highest BCUT2D eigenvalue weighted by Crippen LogP contribution is 2.28. The molecule has 0 saturated carbocycles. The molecular weight excluding hydrogens is 290 g/mol. The van der Waals surface area contributed by atoms with Crippen LogP contribution in [-0.2, 0) is 9.53 Å². The maximum Gasteiger partial charge on any atom is 0.338 e. The number of nitrogens with zero attached hydrogens (tertiary/aromatic N) is 1. The lowest BCUT2D eigenvalue weighted by molar-refractivity contribution is -0.139. The minimum atomic E-state index is -0.694. The normalized spacial score (nSPS) is 17.6. The van der Waals surface area contributed by atoms with Gasteiger partial charge in [-0.1, -0.05) is 12.1 Å². The van der Waals surface area contributed by atoms with Crippen molar-refractivity contribution >= 4 is 17.7 Å². The topological polar surface area (TPSA) is 114 Å². The zero-order chi connectivity index (χ0) is 16.3. The Morgan fingerprint density at radius 3 is 2.59 bits per heavy atom. The van der Waals surface area contributed by atoms with Crippen LogP contribution in [0.1, 0.15) is 25.5 Å². The van der Waals surface area contributed by atoms with Crippen LogP contribution in [0.25, 0.3) is 0 Å². The molecule has 0 fully saturated rings. The lowest BCUT2D eigenvalue weighted by Crippen LogP contribution is -2.45. The number of carbonyl (C=O) groups excluding carboxylic acids is 2. The van der Waals surface area contributed by atoms with Crippen LogP contribution in [0, 0.1) is 5.21 Å². The monoisotopic (exact) mass is 306 g/mol. The van der Waals surface area contributed by atoms with Crippen molar-refractivity contribution in [1.29, 1.82) is 0 Å². The summed E-state index contributed by atoms with van der Waals surface area (Å²) in [7, 11) is 0. The Hall–Kier alpha value is -2.58. The molecule has 118 valence electrons. The Morgan fingerprint density at radius 2 is 2.05 bits per heavy atom. The number of allylic oxidation sites excluding steroid dienone is 1. The summed E-state index contributed by atoms with van der Waals surface area (Å²) in [5.74, 6) is -0.533. The van der Waals surface area contributed by atoms with E-state index in [9.17, 15) is 14.8 Å². The van der Waals surface area contributed by atoms with Gasteiger partial charge in [0.25, 0.3) is 0 Å². The van der Waals surface area contributed by atoms with E-state index in [4.69, 9.17) is 9.94 Å². The second-order valence-corrected chi connectivity index (χ2v) is 4.66. The van der Waals surface area contributed by atoms with Crippen molar-refractivity contribution in [3.63, 3.8) is 0 Å². The molecule has 1 heterocycles. The number of rotatable bonds is 4. The van der Waals surface area contributed by atoms with Gasteiger partial charge in [0.15, 0.2) is 0 Å². The van der Waals surface area contributed by atoms with Crippen LogP contribution in [0.3, 0.4) is 0 Å². The Morgan fingerprint density at radius 1 is 1.41 bits per heavy atom. The van der Waals surface area contributed by atoms with E-state index in [2.05, 4.69) is 10.6 Å². The van der Waals surface area contributed by atoms with Crippen molar-refractivity contribution < 1.29 is 19.5 Å². The van der Waals surface area contributed by atoms with Gasteiger partial charge in [0.2, 0.25) is 0 Å². The van der Waals surface area contributed by atoms with Gasteiger partial charge in [-0.3, -0.25) is 5.21 Å². The van der Waals surface area contributed by atoms with Crippen molar-refractivity contribution in [1.82, 2.24) is 10.6 Å². The number of esters is 1. The van der Waals surface area contributed by atoms with E-state index in [1.54, 1.807) is 26.0 Å². The fourth-order valence-electron chi connectivity index (χ4n) is 2.22. The average Bonchev–Trinajstić information content (AvgIpc) is 2.46. The fraction of sp³-hybridized carbons (Fsp3) is 0.286. The summed E-state index contributed by atoms with van der Waals surface area (Å²) in [4.78, 5) is 23.8. The van der Waals surface area contributed by atoms with Crippen LogP contribution < -0.4 is 15.9 Å². The van der Waals surface area contributed by atoms with Crippen molar-refractivity contribution in [2.24, 2.45) is 0 Å². The summed E-state index contributed by atoms with van der Waals surface area (Å²) in [6.07, 6.45) is 0. The lowest BCUT2D eigenvalue weighted by Gasteiger charge is -2.28. The van der Waals surface area contributed by atoms with Gasteiger partial charge in [-0.15, -0.1) is 0 Å². The summed E-state index contributed by atoms with van der Waals surface area (Å²) in [5.41, 5.74) is 1.33. The number of carbonyl (C=O) groups is 2. The third kappa shape index (κ3) is 3.18. The SMILES string of the molecule is CCOC(=O)C1=C(C)NC(=O)N[C@H]1c1ccc(N([O-])O)cc1.